The molecular formula is C20H19IN4O3. The molecule has 2 aromatic rings. The van der Waals surface area contributed by atoms with Gasteiger partial charge in [-0.05, 0) is 46.4 Å². The van der Waals surface area contributed by atoms with Gasteiger partial charge >= 0.3 is 0 Å². The van der Waals surface area contributed by atoms with Crippen LogP contribution in [0.3, 0.4) is 0 Å². The van der Waals surface area contributed by atoms with Crippen molar-refractivity contribution in [2.45, 2.75) is 12.1 Å². The van der Waals surface area contributed by atoms with Crippen LogP contribution in [0.4, 0.5) is 5.69 Å². The van der Waals surface area contributed by atoms with Gasteiger partial charge in [0.2, 0.25) is 11.8 Å². The van der Waals surface area contributed by atoms with Crippen LogP contribution >= 0.6 is 22.6 Å². The molecule has 144 valence electrons. The number of nitrogens with two attached hydrogens (primary N) is 1. The minimum atomic E-state index is -0.795. The highest BCUT2D eigenvalue weighted by Gasteiger charge is 2.41. The first-order valence-corrected chi connectivity index (χ1v) is 10.0. The zero-order chi connectivity index (χ0) is 19.8. The predicted octanol–water partition coefficient (Wildman–Crippen LogP) is 1.60. The van der Waals surface area contributed by atoms with Crippen LogP contribution < -0.4 is 11.1 Å². The van der Waals surface area contributed by atoms with Crippen molar-refractivity contribution in [3.63, 3.8) is 0 Å². The fourth-order valence-electron chi connectivity index (χ4n) is 3.62. The summed E-state index contributed by atoms with van der Waals surface area (Å²) in [6.07, 6.45) is 0. The molecule has 3 N–H and O–H groups in total. The van der Waals surface area contributed by atoms with Gasteiger partial charge in [-0.1, -0.05) is 30.3 Å². The van der Waals surface area contributed by atoms with Gasteiger partial charge in [-0.3, -0.25) is 14.4 Å². The Morgan fingerprint density at radius 1 is 1.14 bits per heavy atom. The third-order valence-corrected chi connectivity index (χ3v) is 5.82. The van der Waals surface area contributed by atoms with Crippen LogP contribution in [0.15, 0.2) is 48.5 Å². The molecule has 2 unspecified atom stereocenters. The number of amides is 3. The second kappa shape index (κ2) is 7.51. The second-order valence-corrected chi connectivity index (χ2v) is 8.11. The molecule has 1 fully saturated rings. The lowest BCUT2D eigenvalue weighted by atomic mass is 10.0. The number of hydrogen-bond donors (Lipinski definition) is 2. The van der Waals surface area contributed by atoms with Crippen LogP contribution in [0.1, 0.15) is 22.0 Å². The molecular weight excluding hydrogens is 471 g/mol. The van der Waals surface area contributed by atoms with Crippen molar-refractivity contribution in [1.29, 1.82) is 0 Å². The summed E-state index contributed by atoms with van der Waals surface area (Å²) in [5, 5.41) is 2.83. The average molecular weight is 490 g/mol. The zero-order valence-corrected chi connectivity index (χ0v) is 17.1. The van der Waals surface area contributed by atoms with Crippen LogP contribution in [0.25, 0.3) is 0 Å². The molecule has 3 amide bonds. The van der Waals surface area contributed by atoms with Gasteiger partial charge in [0.05, 0.1) is 17.8 Å². The van der Waals surface area contributed by atoms with E-state index in [-0.39, 0.29) is 30.8 Å². The van der Waals surface area contributed by atoms with E-state index in [4.69, 9.17) is 5.73 Å². The number of carbonyl (C=O) groups excluding carboxylic acids is 3. The number of nitrogens with zero attached hydrogens (tertiary/aromatic N) is 2. The number of benzene rings is 2. The quantitative estimate of drug-likeness (QED) is 0.626. The van der Waals surface area contributed by atoms with Crippen LogP contribution in [0.2, 0.25) is 0 Å². The number of nitrogens with one attached hydrogen (secondary N) is 1. The topological polar surface area (TPSA) is 95.7 Å². The summed E-state index contributed by atoms with van der Waals surface area (Å²) in [4.78, 5) is 41.8. The van der Waals surface area contributed by atoms with Crippen molar-refractivity contribution < 1.29 is 14.4 Å². The minimum Gasteiger partial charge on any atom is -0.337 e. The van der Waals surface area contributed by atoms with Gasteiger partial charge in [0.15, 0.2) is 0 Å². The monoisotopic (exact) mass is 490 g/mol. The number of anilines is 1. The summed E-state index contributed by atoms with van der Waals surface area (Å²) in [5.41, 5.74) is 7.84. The Morgan fingerprint density at radius 2 is 1.89 bits per heavy atom. The predicted molar refractivity (Wildman–Crippen MR) is 113 cm³/mol. The Hall–Kier alpha value is -2.46. The highest BCUT2D eigenvalue weighted by molar-refractivity contribution is 14.1. The third-order valence-electron chi connectivity index (χ3n) is 5.15. The Morgan fingerprint density at radius 3 is 2.64 bits per heavy atom. The Kier molecular flexibility index (Phi) is 5.07. The zero-order valence-electron chi connectivity index (χ0n) is 15.0. The van der Waals surface area contributed by atoms with Crippen molar-refractivity contribution in [1.82, 2.24) is 9.80 Å². The highest BCUT2D eigenvalue weighted by atomic mass is 127. The standard InChI is InChI=1S/C20H19IN4O3/c21-13-6-7-15-14(10-13)19(27)25-9-8-24(11-16(25)18(26)23-15)20(28)17(22)12-4-2-1-3-5-12/h1-7,10,16-17H,8-9,11,22H2,(H,23,26). The van der Waals surface area contributed by atoms with Gasteiger partial charge in [-0.2, -0.15) is 0 Å². The van der Waals surface area contributed by atoms with Crippen molar-refractivity contribution in [2.75, 3.05) is 25.0 Å². The lowest BCUT2D eigenvalue weighted by Crippen LogP contribution is -2.60. The molecule has 2 aromatic carbocycles. The molecule has 2 aliphatic rings. The number of carbonyl (C=O) groups is 3. The van der Waals surface area contributed by atoms with Crippen molar-refractivity contribution in [2.24, 2.45) is 5.73 Å². The van der Waals surface area contributed by atoms with E-state index in [1.165, 1.54) is 0 Å². The first-order chi connectivity index (χ1) is 13.5. The molecule has 7 nitrogen and oxygen atoms in total. The Bertz CT molecular complexity index is 950. The number of halogens is 1. The second-order valence-electron chi connectivity index (χ2n) is 6.87. The smallest absolute Gasteiger partial charge is 0.256 e. The molecule has 1 saturated heterocycles. The number of piperazine rings is 1. The first kappa shape index (κ1) is 18.9. The summed E-state index contributed by atoms with van der Waals surface area (Å²) < 4.78 is 0.917. The number of hydrogen-bond acceptors (Lipinski definition) is 4. The maximum absolute atomic E-state index is 13.0. The largest absolute Gasteiger partial charge is 0.337 e. The fraction of sp³-hybridized carbons (Fsp3) is 0.250. The summed E-state index contributed by atoms with van der Waals surface area (Å²) in [5.74, 6) is -0.738. The maximum atomic E-state index is 13.0. The molecule has 8 heteroatoms. The summed E-state index contributed by atoms with van der Waals surface area (Å²) in [7, 11) is 0. The van der Waals surface area contributed by atoms with E-state index >= 15 is 0 Å². The number of rotatable bonds is 2. The lowest BCUT2D eigenvalue weighted by Gasteiger charge is -2.40. The Labute approximate surface area is 176 Å². The molecule has 28 heavy (non-hydrogen) atoms. The molecule has 0 radical (unpaired) electrons. The molecule has 2 atom stereocenters. The highest BCUT2D eigenvalue weighted by Crippen LogP contribution is 2.27. The van der Waals surface area contributed by atoms with Crippen molar-refractivity contribution >= 4 is 46.0 Å². The van der Waals surface area contributed by atoms with Crippen molar-refractivity contribution in [3.8, 4) is 0 Å². The first-order valence-electron chi connectivity index (χ1n) is 8.96. The van der Waals surface area contributed by atoms with E-state index < -0.39 is 12.1 Å². The molecule has 4 rings (SSSR count). The molecule has 2 heterocycles. The van der Waals surface area contributed by atoms with Crippen LogP contribution in [-0.2, 0) is 9.59 Å². The van der Waals surface area contributed by atoms with Gasteiger partial charge in [0, 0.05) is 16.7 Å². The lowest BCUT2D eigenvalue weighted by molar-refractivity contribution is -0.137. The average Bonchev–Trinajstić information content (AvgIpc) is 2.82. The van der Waals surface area contributed by atoms with Crippen LogP contribution in [-0.4, -0.2) is 53.2 Å². The SMILES string of the molecule is NC(C(=O)N1CCN2C(=O)c3cc(I)ccc3NC(=O)C2C1)c1ccccc1. The fourth-order valence-corrected chi connectivity index (χ4v) is 4.11. The molecule has 0 bridgehead atoms. The van der Waals surface area contributed by atoms with E-state index in [0.29, 0.717) is 17.8 Å². The van der Waals surface area contributed by atoms with Gasteiger partial charge in [-0.15, -0.1) is 0 Å². The summed E-state index contributed by atoms with van der Waals surface area (Å²) in [6.45, 7) is 0.755. The van der Waals surface area contributed by atoms with E-state index in [9.17, 15) is 14.4 Å². The van der Waals surface area contributed by atoms with E-state index in [1.807, 2.05) is 24.3 Å². The normalized spacial score (nSPS) is 20.0. The summed E-state index contributed by atoms with van der Waals surface area (Å²) >= 11 is 2.14. The minimum absolute atomic E-state index is 0.127. The molecule has 0 aromatic heterocycles. The maximum Gasteiger partial charge on any atom is 0.256 e. The summed E-state index contributed by atoms with van der Waals surface area (Å²) in [6, 6.07) is 12.9. The van der Waals surface area contributed by atoms with Crippen molar-refractivity contribution in [3.05, 3.63) is 63.2 Å². The van der Waals surface area contributed by atoms with E-state index in [1.54, 1.807) is 34.1 Å². The molecule has 2 aliphatic heterocycles. The Balaban J connectivity index is 1.57. The van der Waals surface area contributed by atoms with Gasteiger partial charge < -0.3 is 20.9 Å². The number of fused-ring (bicyclic) bond motifs is 2. The molecule has 0 saturated carbocycles. The van der Waals surface area contributed by atoms with E-state index in [0.717, 1.165) is 9.13 Å². The van der Waals surface area contributed by atoms with Gasteiger partial charge in [0.25, 0.3) is 5.91 Å². The van der Waals surface area contributed by atoms with Crippen LogP contribution in [0.5, 0.6) is 0 Å². The van der Waals surface area contributed by atoms with Crippen LogP contribution in [0, 0.1) is 3.57 Å². The van der Waals surface area contributed by atoms with E-state index in [2.05, 4.69) is 27.9 Å². The van der Waals surface area contributed by atoms with Gasteiger partial charge in [0.1, 0.15) is 12.1 Å². The molecule has 0 aliphatic carbocycles. The van der Waals surface area contributed by atoms with Gasteiger partial charge in [-0.25, -0.2) is 0 Å². The third kappa shape index (κ3) is 3.37. The molecule has 0 spiro atoms.